The normalized spacial score (nSPS) is 14.5. The molecule has 9 heteroatoms. The summed E-state index contributed by atoms with van der Waals surface area (Å²) in [6, 6.07) is 6.15. The SMILES string of the molecule is O=C(Nc1cc(C(F)F)[nH]n1)c1ccc2c(c1)[nH]c(=O)n2C1CC1. The number of H-pyrrole nitrogens is 2. The first-order valence-electron chi connectivity index (χ1n) is 7.42. The van der Waals surface area contributed by atoms with Crippen LogP contribution in [0.2, 0.25) is 0 Å². The van der Waals surface area contributed by atoms with Gasteiger partial charge in [-0.25, -0.2) is 13.6 Å². The van der Waals surface area contributed by atoms with Gasteiger partial charge in [-0.3, -0.25) is 14.5 Å². The number of hydrogen-bond acceptors (Lipinski definition) is 3. The lowest BCUT2D eigenvalue weighted by Gasteiger charge is -2.03. The molecule has 0 bridgehead atoms. The van der Waals surface area contributed by atoms with Crippen LogP contribution < -0.4 is 11.0 Å². The Morgan fingerprint density at radius 2 is 2.12 bits per heavy atom. The van der Waals surface area contributed by atoms with E-state index in [1.54, 1.807) is 22.8 Å². The number of aromatic nitrogens is 4. The molecule has 124 valence electrons. The molecule has 0 aliphatic heterocycles. The Balaban J connectivity index is 1.61. The Kier molecular flexibility index (Phi) is 3.22. The maximum atomic E-state index is 12.5. The first-order valence-corrected chi connectivity index (χ1v) is 7.42. The Bertz CT molecular complexity index is 983. The molecule has 0 atom stereocenters. The van der Waals surface area contributed by atoms with Crippen LogP contribution in [-0.4, -0.2) is 25.7 Å². The predicted octanol–water partition coefficient (Wildman–Crippen LogP) is 2.58. The van der Waals surface area contributed by atoms with Gasteiger partial charge in [-0.15, -0.1) is 0 Å². The van der Waals surface area contributed by atoms with E-state index in [1.807, 2.05) is 0 Å². The van der Waals surface area contributed by atoms with Crippen molar-refractivity contribution in [1.82, 2.24) is 19.7 Å². The average molecular weight is 333 g/mol. The zero-order valence-electron chi connectivity index (χ0n) is 12.3. The van der Waals surface area contributed by atoms with Crippen molar-refractivity contribution in [1.29, 1.82) is 0 Å². The monoisotopic (exact) mass is 333 g/mol. The molecule has 1 amide bonds. The van der Waals surface area contributed by atoms with Crippen LogP contribution in [0.15, 0.2) is 29.1 Å². The quantitative estimate of drug-likeness (QED) is 0.685. The maximum Gasteiger partial charge on any atom is 0.326 e. The molecule has 0 radical (unpaired) electrons. The third kappa shape index (κ3) is 2.47. The average Bonchev–Trinajstić information content (AvgIpc) is 3.16. The lowest BCUT2D eigenvalue weighted by Crippen LogP contribution is -2.14. The van der Waals surface area contributed by atoms with Gasteiger partial charge < -0.3 is 10.3 Å². The molecule has 0 unspecified atom stereocenters. The summed E-state index contributed by atoms with van der Waals surface area (Å²) in [4.78, 5) is 26.9. The molecule has 3 aromatic rings. The lowest BCUT2D eigenvalue weighted by atomic mass is 10.2. The highest BCUT2D eigenvalue weighted by atomic mass is 19.3. The Morgan fingerprint density at radius 1 is 1.33 bits per heavy atom. The van der Waals surface area contributed by atoms with E-state index in [9.17, 15) is 18.4 Å². The van der Waals surface area contributed by atoms with E-state index in [-0.39, 0.29) is 23.2 Å². The van der Waals surface area contributed by atoms with E-state index >= 15 is 0 Å². The highest BCUT2D eigenvalue weighted by Crippen LogP contribution is 2.35. The molecular formula is C15H13F2N5O2. The number of carbonyl (C=O) groups is 1. The first kappa shape index (κ1) is 14.6. The van der Waals surface area contributed by atoms with Gasteiger partial charge in [0.25, 0.3) is 12.3 Å². The molecule has 7 nitrogen and oxygen atoms in total. The van der Waals surface area contributed by atoms with E-state index in [4.69, 9.17) is 0 Å². The van der Waals surface area contributed by atoms with Gasteiger partial charge in [-0.1, -0.05) is 0 Å². The number of amides is 1. The van der Waals surface area contributed by atoms with E-state index < -0.39 is 12.3 Å². The van der Waals surface area contributed by atoms with Crippen LogP contribution in [0.3, 0.4) is 0 Å². The molecule has 2 heterocycles. The number of nitrogens with one attached hydrogen (secondary N) is 3. The predicted molar refractivity (Wildman–Crippen MR) is 82.3 cm³/mol. The molecule has 4 rings (SSSR count). The zero-order valence-corrected chi connectivity index (χ0v) is 12.3. The molecule has 1 aromatic carbocycles. The van der Waals surface area contributed by atoms with Crippen molar-refractivity contribution >= 4 is 22.8 Å². The van der Waals surface area contributed by atoms with Crippen molar-refractivity contribution in [3.63, 3.8) is 0 Å². The van der Waals surface area contributed by atoms with E-state index in [2.05, 4.69) is 20.5 Å². The molecule has 24 heavy (non-hydrogen) atoms. The maximum absolute atomic E-state index is 12.5. The van der Waals surface area contributed by atoms with Crippen molar-refractivity contribution < 1.29 is 13.6 Å². The minimum absolute atomic E-state index is 0.0134. The number of halogens is 2. The first-order chi connectivity index (χ1) is 11.5. The molecule has 3 N–H and O–H groups in total. The van der Waals surface area contributed by atoms with Crippen LogP contribution >= 0.6 is 0 Å². The fourth-order valence-electron chi connectivity index (χ4n) is 2.67. The third-order valence-corrected chi connectivity index (χ3v) is 3.97. The smallest absolute Gasteiger partial charge is 0.306 e. The molecular weight excluding hydrogens is 320 g/mol. The number of hydrogen-bond donors (Lipinski definition) is 3. The summed E-state index contributed by atoms with van der Waals surface area (Å²) in [5, 5.41) is 8.21. The van der Waals surface area contributed by atoms with Crippen molar-refractivity contribution in [3.8, 4) is 0 Å². The minimum Gasteiger partial charge on any atom is -0.306 e. The third-order valence-electron chi connectivity index (χ3n) is 3.97. The van der Waals surface area contributed by atoms with E-state index in [1.165, 1.54) is 0 Å². The molecule has 2 aromatic heterocycles. The highest BCUT2D eigenvalue weighted by molar-refractivity contribution is 6.05. The summed E-state index contributed by atoms with van der Waals surface area (Å²) >= 11 is 0. The number of anilines is 1. The van der Waals surface area contributed by atoms with Crippen LogP contribution in [0.4, 0.5) is 14.6 Å². The number of benzene rings is 1. The standard InChI is InChI=1S/C15H13F2N5O2/c16-13(17)10-6-12(21-20-10)19-14(23)7-1-4-11-9(5-7)18-15(24)22(11)8-2-3-8/h1,4-6,8,13H,2-3H2,(H,18,24)(H2,19,20,21,23). The van der Waals surface area contributed by atoms with E-state index in [0.29, 0.717) is 11.1 Å². The molecule has 1 aliphatic rings. The Labute approximate surface area is 133 Å². The number of alkyl halides is 2. The number of rotatable bonds is 4. The van der Waals surface area contributed by atoms with E-state index in [0.717, 1.165) is 24.4 Å². The Hall–Kier alpha value is -2.97. The van der Waals surface area contributed by atoms with Crippen LogP contribution in [0.25, 0.3) is 11.0 Å². The van der Waals surface area contributed by atoms with Crippen molar-refractivity contribution in [2.75, 3.05) is 5.32 Å². The molecule has 1 aliphatic carbocycles. The summed E-state index contributed by atoms with van der Waals surface area (Å²) in [6.45, 7) is 0. The van der Waals surface area contributed by atoms with Gasteiger partial charge in [-0.05, 0) is 31.0 Å². The fraction of sp³-hybridized carbons (Fsp3) is 0.267. The van der Waals surface area contributed by atoms with Gasteiger partial charge in [0.05, 0.1) is 11.0 Å². The summed E-state index contributed by atoms with van der Waals surface area (Å²) in [5.41, 5.74) is 1.05. The van der Waals surface area contributed by atoms with Crippen LogP contribution in [0.5, 0.6) is 0 Å². The second-order valence-electron chi connectivity index (χ2n) is 5.73. The molecule has 1 saturated carbocycles. The van der Waals surface area contributed by atoms with Crippen molar-refractivity contribution in [2.24, 2.45) is 0 Å². The number of nitrogens with zero attached hydrogens (tertiary/aromatic N) is 2. The summed E-state index contributed by atoms with van der Waals surface area (Å²) < 4.78 is 26.7. The number of fused-ring (bicyclic) bond motifs is 1. The summed E-state index contributed by atoms with van der Waals surface area (Å²) in [7, 11) is 0. The fourth-order valence-corrected chi connectivity index (χ4v) is 2.67. The number of aromatic amines is 2. The van der Waals surface area contributed by atoms with Gasteiger partial charge in [0.1, 0.15) is 5.69 Å². The van der Waals surface area contributed by atoms with Crippen LogP contribution in [-0.2, 0) is 0 Å². The van der Waals surface area contributed by atoms with Crippen molar-refractivity contribution in [2.45, 2.75) is 25.3 Å². The topological polar surface area (TPSA) is 95.6 Å². The minimum atomic E-state index is -2.69. The van der Waals surface area contributed by atoms with Crippen LogP contribution in [0.1, 0.15) is 41.4 Å². The zero-order chi connectivity index (χ0) is 16.8. The van der Waals surface area contributed by atoms with Gasteiger partial charge in [0.15, 0.2) is 5.82 Å². The van der Waals surface area contributed by atoms with Crippen molar-refractivity contribution in [3.05, 3.63) is 46.0 Å². The Morgan fingerprint density at radius 3 is 2.79 bits per heavy atom. The summed E-state index contributed by atoms with van der Waals surface area (Å²) in [5.74, 6) is -0.483. The van der Waals surface area contributed by atoms with Gasteiger partial charge >= 0.3 is 5.69 Å². The largest absolute Gasteiger partial charge is 0.326 e. The van der Waals surface area contributed by atoms with Gasteiger partial charge in [-0.2, -0.15) is 5.10 Å². The van der Waals surface area contributed by atoms with Gasteiger partial charge in [0, 0.05) is 17.7 Å². The number of imidazole rings is 1. The van der Waals surface area contributed by atoms with Crippen LogP contribution in [0, 0.1) is 0 Å². The molecule has 0 saturated heterocycles. The van der Waals surface area contributed by atoms with Gasteiger partial charge in [0.2, 0.25) is 0 Å². The summed E-state index contributed by atoms with van der Waals surface area (Å²) in [6.07, 6.45) is -0.742. The molecule has 1 fully saturated rings. The lowest BCUT2D eigenvalue weighted by molar-refractivity contribution is 0.102. The second kappa shape index (κ2) is 5.29. The molecule has 0 spiro atoms. The number of carbonyl (C=O) groups excluding carboxylic acids is 1. The second-order valence-corrected chi connectivity index (χ2v) is 5.73. The highest BCUT2D eigenvalue weighted by Gasteiger charge is 2.27.